The smallest absolute Gasteiger partial charge is 0.129 e. The van der Waals surface area contributed by atoms with Crippen LogP contribution >= 0.6 is 0 Å². The van der Waals surface area contributed by atoms with E-state index in [1.807, 2.05) is 6.07 Å². The second-order valence-electron chi connectivity index (χ2n) is 5.43. The molecule has 1 aromatic rings. The molecule has 108 valence electrons. The molecule has 1 N–H and O–H groups in total. The van der Waals surface area contributed by atoms with Gasteiger partial charge in [-0.1, -0.05) is 13.0 Å². The van der Waals surface area contributed by atoms with Crippen LogP contribution in [0, 0.1) is 23.1 Å². The normalized spacial score (nSPS) is 17.1. The molecule has 0 atom stereocenters. The van der Waals surface area contributed by atoms with Crippen molar-refractivity contribution < 1.29 is 4.39 Å². The van der Waals surface area contributed by atoms with E-state index in [2.05, 4.69) is 17.1 Å². The Bertz CT molecular complexity index is 473. The summed E-state index contributed by atoms with van der Waals surface area (Å²) in [5.74, 6) is 0.400. The van der Waals surface area contributed by atoms with Crippen molar-refractivity contribution in [2.24, 2.45) is 5.92 Å². The van der Waals surface area contributed by atoms with Gasteiger partial charge in [0.2, 0.25) is 0 Å². The third-order valence-electron chi connectivity index (χ3n) is 4.08. The molecule has 1 fully saturated rings. The summed E-state index contributed by atoms with van der Waals surface area (Å²) in [6, 6.07) is 6.61. The van der Waals surface area contributed by atoms with Crippen molar-refractivity contribution in [3.05, 3.63) is 35.1 Å². The van der Waals surface area contributed by atoms with Crippen LogP contribution in [-0.4, -0.2) is 31.1 Å². The first-order valence-electron chi connectivity index (χ1n) is 7.34. The van der Waals surface area contributed by atoms with Gasteiger partial charge in [-0.25, -0.2) is 4.39 Å². The van der Waals surface area contributed by atoms with E-state index in [9.17, 15) is 4.39 Å². The number of halogens is 1. The van der Waals surface area contributed by atoms with Crippen molar-refractivity contribution in [3.8, 4) is 6.07 Å². The van der Waals surface area contributed by atoms with Crippen LogP contribution in [0.1, 0.15) is 30.9 Å². The predicted octanol–water partition coefficient (Wildman–Crippen LogP) is 2.52. The SMILES string of the molecule is CCN1CCC(CNCc2ccc(C#N)cc2F)CC1. The molecule has 0 unspecified atom stereocenters. The van der Waals surface area contributed by atoms with Crippen molar-refractivity contribution in [3.63, 3.8) is 0 Å². The van der Waals surface area contributed by atoms with E-state index in [0.29, 0.717) is 23.6 Å². The van der Waals surface area contributed by atoms with E-state index in [4.69, 9.17) is 5.26 Å². The molecular formula is C16H22FN3. The second kappa shape index (κ2) is 7.37. The maximum absolute atomic E-state index is 13.7. The van der Waals surface area contributed by atoms with Crippen LogP contribution in [0.25, 0.3) is 0 Å². The topological polar surface area (TPSA) is 39.1 Å². The molecule has 1 aliphatic rings. The lowest BCUT2D eigenvalue weighted by molar-refractivity contribution is 0.190. The van der Waals surface area contributed by atoms with Crippen LogP contribution in [0.15, 0.2) is 18.2 Å². The third-order valence-corrected chi connectivity index (χ3v) is 4.08. The second-order valence-corrected chi connectivity index (χ2v) is 5.43. The summed E-state index contributed by atoms with van der Waals surface area (Å²) in [6.45, 7) is 7.16. The Hall–Kier alpha value is -1.44. The maximum Gasteiger partial charge on any atom is 0.129 e. The Kier molecular flexibility index (Phi) is 5.51. The molecule has 1 heterocycles. The fraction of sp³-hybridized carbons (Fsp3) is 0.562. The molecular weight excluding hydrogens is 253 g/mol. The van der Waals surface area contributed by atoms with Crippen LogP contribution in [0.5, 0.6) is 0 Å². The highest BCUT2D eigenvalue weighted by Gasteiger charge is 2.17. The zero-order valence-electron chi connectivity index (χ0n) is 12.0. The predicted molar refractivity (Wildman–Crippen MR) is 77.7 cm³/mol. The number of nitrogens with zero attached hydrogens (tertiary/aromatic N) is 2. The number of rotatable bonds is 5. The third kappa shape index (κ3) is 4.03. The summed E-state index contributed by atoms with van der Waals surface area (Å²) in [5, 5.41) is 12.0. The fourth-order valence-corrected chi connectivity index (χ4v) is 2.68. The standard InChI is InChI=1S/C16H22FN3/c1-2-20-7-5-13(6-8-20)11-19-12-15-4-3-14(10-18)9-16(15)17/h3-4,9,13,19H,2,5-8,11-12H2,1H3. The summed E-state index contributed by atoms with van der Waals surface area (Å²) < 4.78 is 13.7. The molecule has 0 saturated carbocycles. The molecule has 1 saturated heterocycles. The number of nitriles is 1. The average Bonchev–Trinajstić information content (AvgIpc) is 2.49. The van der Waals surface area contributed by atoms with Gasteiger partial charge < -0.3 is 10.2 Å². The van der Waals surface area contributed by atoms with Gasteiger partial charge in [0.1, 0.15) is 5.82 Å². The first kappa shape index (κ1) is 15.0. The van der Waals surface area contributed by atoms with Crippen LogP contribution in [-0.2, 0) is 6.54 Å². The first-order valence-corrected chi connectivity index (χ1v) is 7.34. The quantitative estimate of drug-likeness (QED) is 0.897. The highest BCUT2D eigenvalue weighted by molar-refractivity contribution is 5.32. The van der Waals surface area contributed by atoms with Gasteiger partial charge in [0.15, 0.2) is 0 Å². The molecule has 0 aliphatic carbocycles. The van der Waals surface area contributed by atoms with Gasteiger partial charge in [-0.15, -0.1) is 0 Å². The number of nitrogens with one attached hydrogen (secondary N) is 1. The summed E-state index contributed by atoms with van der Waals surface area (Å²) in [7, 11) is 0. The Labute approximate surface area is 120 Å². The minimum atomic E-state index is -0.294. The molecule has 3 nitrogen and oxygen atoms in total. The van der Waals surface area contributed by atoms with Gasteiger partial charge in [0.25, 0.3) is 0 Å². The lowest BCUT2D eigenvalue weighted by Crippen LogP contribution is -2.37. The fourth-order valence-electron chi connectivity index (χ4n) is 2.68. The van der Waals surface area contributed by atoms with Crippen molar-refractivity contribution in [1.29, 1.82) is 5.26 Å². The molecule has 0 radical (unpaired) electrons. The van der Waals surface area contributed by atoms with E-state index in [1.54, 1.807) is 12.1 Å². The minimum absolute atomic E-state index is 0.294. The Morgan fingerprint density at radius 1 is 1.40 bits per heavy atom. The van der Waals surface area contributed by atoms with E-state index in [-0.39, 0.29) is 5.82 Å². The number of hydrogen-bond donors (Lipinski definition) is 1. The van der Waals surface area contributed by atoms with Crippen LogP contribution in [0.3, 0.4) is 0 Å². The molecule has 0 aromatic heterocycles. The summed E-state index contributed by atoms with van der Waals surface area (Å²) in [6.07, 6.45) is 2.44. The summed E-state index contributed by atoms with van der Waals surface area (Å²) in [5.41, 5.74) is 1.01. The van der Waals surface area contributed by atoms with Crippen molar-refractivity contribution in [2.75, 3.05) is 26.2 Å². The molecule has 0 amide bonds. The molecule has 2 rings (SSSR count). The lowest BCUT2D eigenvalue weighted by atomic mass is 9.97. The van der Waals surface area contributed by atoms with E-state index < -0.39 is 0 Å². The van der Waals surface area contributed by atoms with Gasteiger partial charge >= 0.3 is 0 Å². The Morgan fingerprint density at radius 3 is 2.75 bits per heavy atom. The maximum atomic E-state index is 13.7. The van der Waals surface area contributed by atoms with Gasteiger partial charge in [0, 0.05) is 12.1 Å². The average molecular weight is 275 g/mol. The van der Waals surface area contributed by atoms with Gasteiger partial charge in [-0.3, -0.25) is 0 Å². The van der Waals surface area contributed by atoms with E-state index >= 15 is 0 Å². The molecule has 20 heavy (non-hydrogen) atoms. The molecule has 0 bridgehead atoms. The zero-order chi connectivity index (χ0) is 14.4. The molecule has 1 aromatic carbocycles. The molecule has 0 spiro atoms. The number of benzene rings is 1. The first-order chi connectivity index (χ1) is 9.72. The van der Waals surface area contributed by atoms with Crippen LogP contribution in [0.2, 0.25) is 0 Å². The van der Waals surface area contributed by atoms with E-state index in [1.165, 1.54) is 32.0 Å². The van der Waals surface area contributed by atoms with Crippen LogP contribution < -0.4 is 5.32 Å². The highest BCUT2D eigenvalue weighted by atomic mass is 19.1. The van der Waals surface area contributed by atoms with Crippen molar-refractivity contribution in [2.45, 2.75) is 26.3 Å². The molecule has 1 aliphatic heterocycles. The summed E-state index contributed by atoms with van der Waals surface area (Å²) in [4.78, 5) is 2.47. The van der Waals surface area contributed by atoms with Gasteiger partial charge in [-0.2, -0.15) is 5.26 Å². The zero-order valence-corrected chi connectivity index (χ0v) is 12.0. The van der Waals surface area contributed by atoms with Crippen LogP contribution in [0.4, 0.5) is 4.39 Å². The van der Waals surface area contributed by atoms with Gasteiger partial charge in [0.05, 0.1) is 11.6 Å². The van der Waals surface area contributed by atoms with E-state index in [0.717, 1.165) is 13.1 Å². The largest absolute Gasteiger partial charge is 0.312 e. The van der Waals surface area contributed by atoms with Crippen molar-refractivity contribution >= 4 is 0 Å². The summed E-state index contributed by atoms with van der Waals surface area (Å²) >= 11 is 0. The molecule has 4 heteroatoms. The van der Waals surface area contributed by atoms with Gasteiger partial charge in [-0.05, 0) is 57.1 Å². The minimum Gasteiger partial charge on any atom is -0.312 e. The lowest BCUT2D eigenvalue weighted by Gasteiger charge is -2.31. The number of piperidine rings is 1. The highest BCUT2D eigenvalue weighted by Crippen LogP contribution is 2.16. The van der Waals surface area contributed by atoms with Crippen molar-refractivity contribution in [1.82, 2.24) is 10.2 Å². The Morgan fingerprint density at radius 2 is 2.15 bits per heavy atom. The monoisotopic (exact) mass is 275 g/mol. The number of likely N-dealkylation sites (tertiary alicyclic amines) is 1. The Balaban J connectivity index is 1.75. The number of hydrogen-bond acceptors (Lipinski definition) is 3.